The first-order valence-corrected chi connectivity index (χ1v) is 20.2. The predicted molar refractivity (Wildman–Crippen MR) is 214 cm³/mol. The van der Waals surface area contributed by atoms with Crippen LogP contribution in [-0.2, 0) is 21.4 Å². The number of alkyl halides is 3. The van der Waals surface area contributed by atoms with Crippen molar-refractivity contribution in [1.82, 2.24) is 29.9 Å². The average Bonchev–Trinajstić information content (AvgIpc) is 3.88. The number of aliphatic hydroxyl groups is 1. The molecule has 4 aromatic rings. The Morgan fingerprint density at radius 2 is 1.56 bits per heavy atom. The number of nitrogens with zero attached hydrogens (tertiary/aromatic N) is 7. The zero-order valence-electron chi connectivity index (χ0n) is 33.0. The monoisotopic (exact) mass is 815 g/mol. The lowest BCUT2D eigenvalue weighted by Crippen LogP contribution is -2.50. The van der Waals surface area contributed by atoms with Gasteiger partial charge in [-0.25, -0.2) is 9.78 Å². The molecule has 17 heteroatoms. The van der Waals surface area contributed by atoms with E-state index < -0.39 is 35.1 Å². The van der Waals surface area contributed by atoms with E-state index in [1.54, 1.807) is 30.9 Å². The maximum absolute atomic E-state index is 13.6. The molecular weight excluding hydrogens is 768 g/mol. The summed E-state index contributed by atoms with van der Waals surface area (Å²) < 4.78 is 41.7. The van der Waals surface area contributed by atoms with E-state index in [4.69, 9.17) is 5.10 Å². The van der Waals surface area contributed by atoms with Gasteiger partial charge >= 0.3 is 12.2 Å². The number of anilines is 3. The normalized spacial score (nSPS) is 20.4. The van der Waals surface area contributed by atoms with Crippen molar-refractivity contribution in [1.29, 1.82) is 0 Å². The second kappa shape index (κ2) is 15.9. The van der Waals surface area contributed by atoms with Crippen LogP contribution >= 0.6 is 0 Å². The molecular formula is C42H48F3N9O5. The zero-order chi connectivity index (χ0) is 41.6. The Morgan fingerprint density at radius 1 is 0.864 bits per heavy atom. The Labute approximate surface area is 339 Å². The summed E-state index contributed by atoms with van der Waals surface area (Å²) >= 11 is 0. The minimum absolute atomic E-state index is 0.0651. The summed E-state index contributed by atoms with van der Waals surface area (Å²) in [5, 5.41) is 21.6. The number of pyridine rings is 1. The molecule has 2 aromatic heterocycles. The van der Waals surface area contributed by atoms with E-state index in [-0.39, 0.29) is 35.9 Å². The van der Waals surface area contributed by atoms with Crippen molar-refractivity contribution >= 4 is 51.7 Å². The lowest BCUT2D eigenvalue weighted by Gasteiger charge is -2.42. The van der Waals surface area contributed by atoms with Gasteiger partial charge in [0.15, 0.2) is 0 Å². The van der Waals surface area contributed by atoms with Crippen LogP contribution < -0.4 is 20.4 Å². The van der Waals surface area contributed by atoms with Crippen LogP contribution in [0.2, 0.25) is 0 Å². The van der Waals surface area contributed by atoms with Crippen molar-refractivity contribution in [3.05, 3.63) is 77.7 Å². The van der Waals surface area contributed by atoms with Crippen molar-refractivity contribution in [2.75, 3.05) is 60.9 Å². The summed E-state index contributed by atoms with van der Waals surface area (Å²) in [7, 11) is 0. The maximum atomic E-state index is 13.6. The van der Waals surface area contributed by atoms with Crippen LogP contribution in [0.3, 0.4) is 0 Å². The molecule has 8 rings (SSSR count). The molecule has 1 unspecified atom stereocenters. The topological polar surface area (TPSA) is 156 Å². The fourth-order valence-electron chi connectivity index (χ4n) is 8.87. The number of carbonyl (C=O) groups excluding carboxylic acids is 4. The standard InChI is InChI=1S/C42H48F3N9O5/c1-41(2,59)32-23-34-27(22-35(32)47-38(56)33-4-3-5-36(46-33)42(43,44)45)25-54(49-34)31-13-17-50(18-14-31)29-11-19-51(20-12-29)39(57)26-10-16-52(24-26)28-6-8-30(9-7-28)53-21-15-37(55)48-40(53)58/h3-9,22-23,25-26,29,31,59H,10-21,24H2,1-2H3,(H,47,56)(H,48,55,58). The van der Waals surface area contributed by atoms with E-state index in [1.807, 2.05) is 40.0 Å². The highest BCUT2D eigenvalue weighted by atomic mass is 19.4. The van der Waals surface area contributed by atoms with Gasteiger partial charge in [-0.15, -0.1) is 0 Å². The number of urea groups is 1. The number of amides is 5. The number of piperidine rings is 2. The van der Waals surface area contributed by atoms with Crippen LogP contribution in [0.25, 0.3) is 10.9 Å². The van der Waals surface area contributed by atoms with Crippen LogP contribution in [0.15, 0.2) is 60.8 Å². The highest BCUT2D eigenvalue weighted by Crippen LogP contribution is 2.35. The predicted octanol–water partition coefficient (Wildman–Crippen LogP) is 5.53. The first kappa shape index (κ1) is 40.2. The van der Waals surface area contributed by atoms with Gasteiger partial charge in [-0.05, 0) is 94.5 Å². The Kier molecular flexibility index (Phi) is 10.8. The quantitative estimate of drug-likeness (QED) is 0.208. The highest BCUT2D eigenvalue weighted by molar-refractivity contribution is 6.06. The van der Waals surface area contributed by atoms with Crippen LogP contribution in [0.1, 0.15) is 80.2 Å². The third kappa shape index (κ3) is 8.62. The number of fused-ring (bicyclic) bond motifs is 1. The fraction of sp³-hybridized carbons (Fsp3) is 0.476. The number of aromatic nitrogens is 3. The number of benzene rings is 2. The van der Waals surface area contributed by atoms with E-state index in [0.29, 0.717) is 30.2 Å². The minimum atomic E-state index is -4.70. The van der Waals surface area contributed by atoms with Gasteiger partial charge in [-0.2, -0.15) is 18.3 Å². The molecule has 0 aliphatic carbocycles. The van der Waals surface area contributed by atoms with Crippen LogP contribution in [0, 0.1) is 5.92 Å². The fourth-order valence-corrected chi connectivity index (χ4v) is 8.87. The largest absolute Gasteiger partial charge is 0.433 e. The Hall–Kier alpha value is -5.55. The van der Waals surface area contributed by atoms with Crippen LogP contribution in [0.5, 0.6) is 0 Å². The first-order chi connectivity index (χ1) is 28.1. The van der Waals surface area contributed by atoms with Crippen molar-refractivity contribution in [2.45, 2.75) is 76.2 Å². The minimum Gasteiger partial charge on any atom is -0.386 e. The smallest absolute Gasteiger partial charge is 0.386 e. The van der Waals surface area contributed by atoms with Crippen molar-refractivity contribution in [2.24, 2.45) is 5.92 Å². The molecule has 0 saturated carbocycles. The molecule has 59 heavy (non-hydrogen) atoms. The molecule has 14 nitrogen and oxygen atoms in total. The number of likely N-dealkylation sites (tertiary alicyclic amines) is 2. The van der Waals surface area contributed by atoms with Gasteiger partial charge in [0.2, 0.25) is 11.8 Å². The Balaban J connectivity index is 0.834. The summed E-state index contributed by atoms with van der Waals surface area (Å²) in [6.45, 7) is 8.14. The third-order valence-corrected chi connectivity index (χ3v) is 12.1. The molecule has 4 aliphatic heterocycles. The second-order valence-electron chi connectivity index (χ2n) is 16.5. The van der Waals surface area contributed by atoms with Crippen molar-refractivity contribution < 1.29 is 37.5 Å². The zero-order valence-corrected chi connectivity index (χ0v) is 33.0. The molecule has 0 spiro atoms. The maximum Gasteiger partial charge on any atom is 0.433 e. The molecule has 2 aromatic carbocycles. The van der Waals surface area contributed by atoms with E-state index in [0.717, 1.165) is 93.7 Å². The molecule has 4 saturated heterocycles. The molecule has 6 heterocycles. The molecule has 3 N–H and O–H groups in total. The van der Waals surface area contributed by atoms with Gasteiger partial charge in [0, 0.05) is 92.5 Å². The summed E-state index contributed by atoms with van der Waals surface area (Å²) in [5.41, 5.74) is 0.0430. The van der Waals surface area contributed by atoms with Gasteiger partial charge < -0.3 is 25.1 Å². The molecule has 4 fully saturated rings. The highest BCUT2D eigenvalue weighted by Gasteiger charge is 2.36. The Bertz CT molecular complexity index is 2240. The van der Waals surface area contributed by atoms with E-state index in [9.17, 15) is 37.5 Å². The van der Waals surface area contributed by atoms with Gasteiger partial charge in [-0.3, -0.25) is 29.3 Å². The number of nitrogens with one attached hydrogen (secondary N) is 2. The average molecular weight is 816 g/mol. The van der Waals surface area contributed by atoms with E-state index >= 15 is 0 Å². The summed E-state index contributed by atoms with van der Waals surface area (Å²) in [5.74, 6) is -0.945. The van der Waals surface area contributed by atoms with E-state index in [1.165, 1.54) is 6.07 Å². The van der Waals surface area contributed by atoms with Gasteiger partial charge in [0.25, 0.3) is 5.91 Å². The number of rotatable bonds is 8. The number of hydrogen-bond donors (Lipinski definition) is 3. The molecule has 0 bridgehead atoms. The number of hydrogen-bond acceptors (Lipinski definition) is 9. The molecule has 312 valence electrons. The number of halogens is 3. The number of imide groups is 1. The molecule has 5 amide bonds. The van der Waals surface area contributed by atoms with Gasteiger partial charge in [-0.1, -0.05) is 6.07 Å². The first-order valence-electron chi connectivity index (χ1n) is 20.2. The van der Waals surface area contributed by atoms with Gasteiger partial charge in [0.1, 0.15) is 11.4 Å². The van der Waals surface area contributed by atoms with Crippen molar-refractivity contribution in [3.63, 3.8) is 0 Å². The third-order valence-electron chi connectivity index (χ3n) is 12.1. The number of carbonyl (C=O) groups is 4. The van der Waals surface area contributed by atoms with Gasteiger partial charge in [0.05, 0.1) is 23.1 Å². The summed E-state index contributed by atoms with van der Waals surface area (Å²) in [6.07, 6.45) is 1.85. The summed E-state index contributed by atoms with van der Waals surface area (Å²) in [4.78, 5) is 62.3. The lowest BCUT2D eigenvalue weighted by molar-refractivity contribution is -0.141. The van der Waals surface area contributed by atoms with Crippen LogP contribution in [-0.4, -0.2) is 105 Å². The molecule has 0 radical (unpaired) electrons. The summed E-state index contributed by atoms with van der Waals surface area (Å²) in [6, 6.07) is 14.3. The van der Waals surface area contributed by atoms with E-state index in [2.05, 4.69) is 25.4 Å². The van der Waals surface area contributed by atoms with Crippen LogP contribution in [0.4, 0.5) is 35.0 Å². The van der Waals surface area contributed by atoms with Crippen molar-refractivity contribution in [3.8, 4) is 0 Å². The molecule has 4 aliphatic rings. The molecule has 1 atom stereocenters. The lowest BCUT2D eigenvalue weighted by atomic mass is 9.95. The Morgan fingerprint density at radius 3 is 2.24 bits per heavy atom. The SMILES string of the molecule is CC(C)(O)c1cc2nn(C3CCN(C4CCN(C(=O)C5CCN(c6ccc(N7CCC(=O)NC7=O)cc6)C5)CC4)CC3)cc2cc1NC(=O)c1cccc(C(F)(F)F)n1. The second-order valence-corrected chi connectivity index (χ2v) is 16.5.